The van der Waals surface area contributed by atoms with Gasteiger partial charge in [-0.05, 0) is 80.4 Å². The number of aryl methyl sites for hydroxylation is 1. The van der Waals surface area contributed by atoms with Crippen LogP contribution < -0.4 is 10.6 Å². The van der Waals surface area contributed by atoms with Crippen LogP contribution >= 0.6 is 36.2 Å². The van der Waals surface area contributed by atoms with E-state index in [4.69, 9.17) is 5.73 Å². The molecule has 29 heavy (non-hydrogen) atoms. The zero-order valence-electron chi connectivity index (χ0n) is 16.9. The molecule has 3 heterocycles. The van der Waals surface area contributed by atoms with Crippen LogP contribution in [0.2, 0.25) is 0 Å². The lowest BCUT2D eigenvalue weighted by Crippen LogP contribution is -2.38. The largest absolute Gasteiger partial charge is 0.383 e. The minimum absolute atomic E-state index is 0. The molecule has 4 rings (SSSR count). The third-order valence-electron chi connectivity index (χ3n) is 5.69. The Morgan fingerprint density at radius 2 is 1.76 bits per heavy atom. The van der Waals surface area contributed by atoms with Gasteiger partial charge < -0.3 is 15.5 Å². The molecule has 1 fully saturated rings. The number of amidine groups is 1. The summed E-state index contributed by atoms with van der Waals surface area (Å²) in [6.07, 6.45) is 7.79. The molecular weight excluding hydrogens is 423 g/mol. The van der Waals surface area contributed by atoms with Gasteiger partial charge in [0.2, 0.25) is 0 Å². The molecule has 0 atom stereocenters. The maximum Gasteiger partial charge on any atom is 0.141 e. The normalized spacial score (nSPS) is 17.7. The molecule has 0 saturated carbocycles. The number of likely N-dealkylation sites (tertiary alicyclic amines) is 1. The first-order chi connectivity index (χ1) is 13.3. The highest BCUT2D eigenvalue weighted by atomic mass is 35.5. The molecule has 7 heteroatoms. The molecule has 0 aliphatic carbocycles. The van der Waals surface area contributed by atoms with Crippen LogP contribution in [0.5, 0.6) is 0 Å². The lowest BCUT2D eigenvalue weighted by Gasteiger charge is -2.31. The van der Waals surface area contributed by atoms with E-state index in [1.165, 1.54) is 69.5 Å². The molecule has 1 aromatic carbocycles. The van der Waals surface area contributed by atoms with Crippen molar-refractivity contribution in [3.05, 3.63) is 46.2 Å². The summed E-state index contributed by atoms with van der Waals surface area (Å²) in [5.74, 6) is 0.612. The summed E-state index contributed by atoms with van der Waals surface area (Å²) >= 11 is 1.63. The standard InChI is InChI=1S/C22H30N4S.2ClH/c23-22(21-8-6-16-27-21)24-19-9-10-20-18(17-19)7-2-5-13-26(20)15-14-25-11-3-1-4-12-25;;/h6,8-10,16-17H,1-5,7,11-15H2,(H2,23,24);2*1H. The number of nitrogens with two attached hydrogens (primary N) is 1. The second-order valence-electron chi connectivity index (χ2n) is 7.63. The van der Waals surface area contributed by atoms with Crippen LogP contribution in [0, 0.1) is 0 Å². The molecule has 2 aliphatic rings. The van der Waals surface area contributed by atoms with Gasteiger partial charge in [-0.25, -0.2) is 4.99 Å². The van der Waals surface area contributed by atoms with Crippen LogP contribution in [0.1, 0.15) is 42.5 Å². The summed E-state index contributed by atoms with van der Waals surface area (Å²) in [4.78, 5) is 10.9. The Bertz CT molecular complexity index is 773. The van der Waals surface area contributed by atoms with Gasteiger partial charge in [-0.3, -0.25) is 0 Å². The molecule has 0 spiro atoms. The number of halogens is 2. The monoisotopic (exact) mass is 454 g/mol. The summed E-state index contributed by atoms with van der Waals surface area (Å²) < 4.78 is 0. The SMILES string of the molecule is Cl.Cl.NC(=Nc1ccc2c(c1)CCCCN2CCN1CCCCC1)c1cccs1. The quantitative estimate of drug-likeness (QED) is 0.494. The number of hydrogen-bond acceptors (Lipinski definition) is 4. The molecule has 0 bridgehead atoms. The number of fused-ring (bicyclic) bond motifs is 1. The number of rotatable bonds is 5. The zero-order chi connectivity index (χ0) is 18.5. The average molecular weight is 455 g/mol. The third-order valence-corrected chi connectivity index (χ3v) is 6.58. The van der Waals surface area contributed by atoms with Crippen LogP contribution in [0.4, 0.5) is 11.4 Å². The van der Waals surface area contributed by atoms with Crippen LogP contribution in [-0.2, 0) is 6.42 Å². The van der Waals surface area contributed by atoms with Gasteiger partial charge in [-0.2, -0.15) is 0 Å². The van der Waals surface area contributed by atoms with Gasteiger partial charge in [0.25, 0.3) is 0 Å². The fourth-order valence-electron chi connectivity index (χ4n) is 4.18. The summed E-state index contributed by atoms with van der Waals surface area (Å²) in [6.45, 7) is 6.03. The van der Waals surface area contributed by atoms with Crippen molar-refractivity contribution >= 4 is 53.4 Å². The molecule has 2 aromatic rings. The number of aliphatic imine (C=N–C) groups is 1. The van der Waals surface area contributed by atoms with Crippen LogP contribution in [-0.4, -0.2) is 43.5 Å². The number of piperidine rings is 1. The number of nitrogens with zero attached hydrogens (tertiary/aromatic N) is 3. The smallest absolute Gasteiger partial charge is 0.141 e. The van der Waals surface area contributed by atoms with E-state index in [9.17, 15) is 0 Å². The topological polar surface area (TPSA) is 44.9 Å². The molecule has 0 radical (unpaired) electrons. The minimum atomic E-state index is 0. The minimum Gasteiger partial charge on any atom is -0.383 e. The van der Waals surface area contributed by atoms with Crippen molar-refractivity contribution < 1.29 is 0 Å². The third kappa shape index (κ3) is 6.35. The van der Waals surface area contributed by atoms with Crippen LogP contribution in [0.15, 0.2) is 40.7 Å². The summed E-state index contributed by atoms with van der Waals surface area (Å²) in [6, 6.07) is 10.7. The highest BCUT2D eigenvalue weighted by molar-refractivity contribution is 7.12. The Morgan fingerprint density at radius 1 is 0.966 bits per heavy atom. The van der Waals surface area contributed by atoms with E-state index in [0.29, 0.717) is 5.84 Å². The average Bonchev–Trinajstić information content (AvgIpc) is 3.16. The molecule has 0 unspecified atom stereocenters. The molecule has 2 aliphatic heterocycles. The van der Waals surface area contributed by atoms with Crippen LogP contribution in [0.25, 0.3) is 0 Å². The second-order valence-corrected chi connectivity index (χ2v) is 8.58. The first-order valence-electron chi connectivity index (χ1n) is 10.3. The van der Waals surface area contributed by atoms with Crippen molar-refractivity contribution in [2.45, 2.75) is 38.5 Å². The van der Waals surface area contributed by atoms with Crippen molar-refractivity contribution in [1.82, 2.24) is 4.90 Å². The second kappa shape index (κ2) is 11.8. The Morgan fingerprint density at radius 3 is 2.52 bits per heavy atom. The van der Waals surface area contributed by atoms with E-state index in [1.54, 1.807) is 11.3 Å². The summed E-state index contributed by atoms with van der Waals surface area (Å²) in [7, 11) is 0. The van der Waals surface area contributed by atoms with Crippen molar-refractivity contribution in [1.29, 1.82) is 0 Å². The molecule has 160 valence electrons. The van der Waals surface area contributed by atoms with E-state index in [2.05, 4.69) is 33.0 Å². The Kier molecular flexibility index (Phi) is 9.76. The summed E-state index contributed by atoms with van der Waals surface area (Å²) in [5, 5.41) is 2.04. The highest BCUT2D eigenvalue weighted by Gasteiger charge is 2.17. The molecule has 2 N–H and O–H groups in total. The molecular formula is C22H32Cl2N4S. The van der Waals surface area contributed by atoms with Gasteiger partial charge in [-0.1, -0.05) is 12.5 Å². The van der Waals surface area contributed by atoms with Crippen molar-refractivity contribution in [3.8, 4) is 0 Å². The Balaban J connectivity index is 0.00000150. The van der Waals surface area contributed by atoms with Gasteiger partial charge in [0.15, 0.2) is 0 Å². The lowest BCUT2D eigenvalue weighted by molar-refractivity contribution is 0.233. The Hall–Kier alpha value is -1.27. The van der Waals surface area contributed by atoms with Crippen LogP contribution in [0.3, 0.4) is 0 Å². The van der Waals surface area contributed by atoms with Gasteiger partial charge in [0.1, 0.15) is 5.84 Å². The molecule has 4 nitrogen and oxygen atoms in total. The fourth-order valence-corrected chi connectivity index (χ4v) is 4.81. The van der Waals surface area contributed by atoms with Crippen molar-refractivity contribution in [3.63, 3.8) is 0 Å². The van der Waals surface area contributed by atoms with Crippen molar-refractivity contribution in [2.75, 3.05) is 37.6 Å². The van der Waals surface area contributed by atoms with E-state index in [0.717, 1.165) is 23.5 Å². The highest BCUT2D eigenvalue weighted by Crippen LogP contribution is 2.30. The van der Waals surface area contributed by atoms with Gasteiger partial charge >= 0.3 is 0 Å². The summed E-state index contributed by atoms with van der Waals surface area (Å²) in [5.41, 5.74) is 9.97. The van der Waals surface area contributed by atoms with Gasteiger partial charge in [-0.15, -0.1) is 36.2 Å². The van der Waals surface area contributed by atoms with Gasteiger partial charge in [0, 0.05) is 25.3 Å². The maximum absolute atomic E-state index is 6.18. The molecule has 0 amide bonds. The van der Waals surface area contributed by atoms with Gasteiger partial charge in [0.05, 0.1) is 10.6 Å². The number of thiophene rings is 1. The predicted octanol–water partition coefficient (Wildman–Crippen LogP) is 5.26. The Labute approximate surface area is 191 Å². The fraction of sp³-hybridized carbons (Fsp3) is 0.500. The number of anilines is 1. The predicted molar refractivity (Wildman–Crippen MR) is 131 cm³/mol. The molecule has 1 aromatic heterocycles. The van der Waals surface area contributed by atoms with E-state index < -0.39 is 0 Å². The first kappa shape index (κ1) is 24.0. The molecule has 1 saturated heterocycles. The maximum atomic E-state index is 6.18. The zero-order valence-corrected chi connectivity index (χ0v) is 19.3. The lowest BCUT2D eigenvalue weighted by atomic mass is 10.1. The van der Waals surface area contributed by atoms with E-state index in [1.807, 2.05) is 17.5 Å². The van der Waals surface area contributed by atoms with E-state index >= 15 is 0 Å². The van der Waals surface area contributed by atoms with E-state index in [-0.39, 0.29) is 24.8 Å². The van der Waals surface area contributed by atoms with Crippen molar-refractivity contribution in [2.24, 2.45) is 10.7 Å². The number of benzene rings is 1. The number of hydrogen-bond donors (Lipinski definition) is 1. The first-order valence-corrected chi connectivity index (χ1v) is 11.2.